The van der Waals surface area contributed by atoms with E-state index in [4.69, 9.17) is 0 Å². The fourth-order valence-corrected chi connectivity index (χ4v) is 2.33. The first-order chi connectivity index (χ1) is 6.43. The van der Waals surface area contributed by atoms with Gasteiger partial charge in [0.2, 0.25) is 0 Å². The summed E-state index contributed by atoms with van der Waals surface area (Å²) in [7, 11) is 0. The number of carbonyl (C=O) groups is 2. The van der Waals surface area contributed by atoms with Crippen molar-refractivity contribution in [3.05, 3.63) is 11.1 Å². The first-order valence-corrected chi connectivity index (χ1v) is 5.18. The molecular formula is C12H18O2. The van der Waals surface area contributed by atoms with Gasteiger partial charge in [-0.1, -0.05) is 12.5 Å². The van der Waals surface area contributed by atoms with Crippen LogP contribution in [0.1, 0.15) is 47.0 Å². The lowest BCUT2D eigenvalue weighted by atomic mass is 9.68. The molecule has 2 heteroatoms. The van der Waals surface area contributed by atoms with Gasteiger partial charge >= 0.3 is 0 Å². The van der Waals surface area contributed by atoms with Gasteiger partial charge in [-0.25, -0.2) is 0 Å². The summed E-state index contributed by atoms with van der Waals surface area (Å²) in [6, 6.07) is 0. The average Bonchev–Trinajstić information content (AvgIpc) is 2.13. The van der Waals surface area contributed by atoms with Crippen molar-refractivity contribution in [2.45, 2.75) is 47.0 Å². The zero-order chi connectivity index (χ0) is 10.9. The second-order valence-electron chi connectivity index (χ2n) is 4.27. The summed E-state index contributed by atoms with van der Waals surface area (Å²) >= 11 is 0. The molecule has 2 nitrogen and oxygen atoms in total. The van der Waals surface area contributed by atoms with E-state index >= 15 is 0 Å². The minimum absolute atomic E-state index is 0.182. The van der Waals surface area contributed by atoms with Crippen LogP contribution in [0.25, 0.3) is 0 Å². The standard InChI is InChI=1S/C12H18O2/c1-5-10-8(2)11(14)6-7-12(10,4)9(3)13/h5-7H2,1-4H3. The van der Waals surface area contributed by atoms with Crippen LogP contribution in [0.3, 0.4) is 0 Å². The van der Waals surface area contributed by atoms with Crippen LogP contribution in [0.4, 0.5) is 0 Å². The van der Waals surface area contributed by atoms with Crippen LogP contribution < -0.4 is 0 Å². The van der Waals surface area contributed by atoms with E-state index in [9.17, 15) is 9.59 Å². The molecule has 0 saturated carbocycles. The molecule has 78 valence electrons. The summed E-state index contributed by atoms with van der Waals surface area (Å²) < 4.78 is 0. The number of rotatable bonds is 2. The van der Waals surface area contributed by atoms with Gasteiger partial charge in [-0.05, 0) is 39.2 Å². The van der Waals surface area contributed by atoms with Crippen LogP contribution >= 0.6 is 0 Å². The molecule has 1 aliphatic carbocycles. The summed E-state index contributed by atoms with van der Waals surface area (Å²) in [6.45, 7) is 7.45. The Balaban J connectivity index is 3.24. The van der Waals surface area contributed by atoms with Gasteiger partial charge in [0.15, 0.2) is 5.78 Å². The molecule has 0 aromatic heterocycles. The lowest BCUT2D eigenvalue weighted by molar-refractivity contribution is -0.125. The Morgan fingerprint density at radius 3 is 2.50 bits per heavy atom. The van der Waals surface area contributed by atoms with Crippen molar-refractivity contribution in [3.63, 3.8) is 0 Å². The van der Waals surface area contributed by atoms with Gasteiger partial charge in [0.05, 0.1) is 0 Å². The maximum atomic E-state index is 11.6. The van der Waals surface area contributed by atoms with Gasteiger partial charge in [-0.3, -0.25) is 9.59 Å². The third-order valence-corrected chi connectivity index (χ3v) is 3.52. The fraction of sp³-hybridized carbons (Fsp3) is 0.667. The Hall–Kier alpha value is -0.920. The van der Waals surface area contributed by atoms with Crippen molar-refractivity contribution in [2.24, 2.45) is 5.41 Å². The molecule has 14 heavy (non-hydrogen) atoms. The highest BCUT2D eigenvalue weighted by atomic mass is 16.1. The molecule has 0 heterocycles. The predicted octanol–water partition coefficient (Wildman–Crippen LogP) is 2.67. The van der Waals surface area contributed by atoms with Crippen LogP contribution in [0.2, 0.25) is 0 Å². The fourth-order valence-electron chi connectivity index (χ4n) is 2.33. The Morgan fingerprint density at radius 1 is 1.50 bits per heavy atom. The first kappa shape index (κ1) is 11.2. The van der Waals surface area contributed by atoms with E-state index in [1.54, 1.807) is 6.92 Å². The van der Waals surface area contributed by atoms with E-state index in [-0.39, 0.29) is 17.0 Å². The SMILES string of the molecule is CCC1=C(C)C(=O)CCC1(C)C(C)=O. The Labute approximate surface area is 85.4 Å². The van der Waals surface area contributed by atoms with Gasteiger partial charge in [-0.15, -0.1) is 0 Å². The number of Topliss-reactive ketones (excluding diaryl/α,β-unsaturated/α-hetero) is 2. The minimum atomic E-state index is -0.382. The molecule has 1 aliphatic rings. The Bertz CT molecular complexity index is 312. The molecule has 0 N–H and O–H groups in total. The second-order valence-corrected chi connectivity index (χ2v) is 4.27. The smallest absolute Gasteiger partial charge is 0.158 e. The van der Waals surface area contributed by atoms with E-state index < -0.39 is 0 Å². The quantitative estimate of drug-likeness (QED) is 0.677. The minimum Gasteiger partial charge on any atom is -0.299 e. The number of hydrogen-bond acceptors (Lipinski definition) is 2. The molecule has 1 unspecified atom stereocenters. The lowest BCUT2D eigenvalue weighted by Crippen LogP contribution is -2.33. The van der Waals surface area contributed by atoms with E-state index in [1.807, 2.05) is 20.8 Å². The molecule has 1 atom stereocenters. The van der Waals surface area contributed by atoms with Crippen molar-refractivity contribution in [1.29, 1.82) is 0 Å². The number of hydrogen-bond donors (Lipinski definition) is 0. The normalized spacial score (nSPS) is 28.1. The molecule has 0 bridgehead atoms. The monoisotopic (exact) mass is 194 g/mol. The summed E-state index contributed by atoms with van der Waals surface area (Å²) in [5.74, 6) is 0.391. The highest BCUT2D eigenvalue weighted by molar-refractivity contribution is 6.00. The van der Waals surface area contributed by atoms with Crippen LogP contribution in [0.5, 0.6) is 0 Å². The van der Waals surface area contributed by atoms with Crippen LogP contribution in [0, 0.1) is 5.41 Å². The lowest BCUT2D eigenvalue weighted by Gasteiger charge is -2.34. The van der Waals surface area contributed by atoms with E-state index in [0.29, 0.717) is 12.8 Å². The predicted molar refractivity (Wildman–Crippen MR) is 56.0 cm³/mol. The third-order valence-electron chi connectivity index (χ3n) is 3.52. The van der Waals surface area contributed by atoms with Crippen molar-refractivity contribution >= 4 is 11.6 Å². The molecule has 0 amide bonds. The van der Waals surface area contributed by atoms with Gasteiger partial charge in [0, 0.05) is 11.8 Å². The molecule has 0 aromatic carbocycles. The van der Waals surface area contributed by atoms with Crippen molar-refractivity contribution < 1.29 is 9.59 Å². The maximum absolute atomic E-state index is 11.6. The molecule has 0 saturated heterocycles. The zero-order valence-electron chi connectivity index (χ0n) is 9.44. The highest BCUT2D eigenvalue weighted by Gasteiger charge is 2.38. The molecule has 1 rings (SSSR count). The van der Waals surface area contributed by atoms with Gasteiger partial charge in [-0.2, -0.15) is 0 Å². The number of allylic oxidation sites excluding steroid dienone is 2. The molecule has 0 radical (unpaired) electrons. The maximum Gasteiger partial charge on any atom is 0.158 e. The summed E-state index contributed by atoms with van der Waals surface area (Å²) in [6.07, 6.45) is 2.00. The molecule has 0 aliphatic heterocycles. The zero-order valence-corrected chi connectivity index (χ0v) is 9.44. The van der Waals surface area contributed by atoms with Crippen LogP contribution in [-0.4, -0.2) is 11.6 Å². The molecule has 0 fully saturated rings. The molecule has 0 aromatic rings. The van der Waals surface area contributed by atoms with Gasteiger partial charge in [0.1, 0.15) is 5.78 Å². The van der Waals surface area contributed by atoms with Crippen molar-refractivity contribution in [2.75, 3.05) is 0 Å². The van der Waals surface area contributed by atoms with Crippen molar-refractivity contribution in [3.8, 4) is 0 Å². The molecule has 0 spiro atoms. The third kappa shape index (κ3) is 1.54. The van der Waals surface area contributed by atoms with Gasteiger partial charge in [0.25, 0.3) is 0 Å². The topological polar surface area (TPSA) is 34.1 Å². The Morgan fingerprint density at radius 2 is 2.07 bits per heavy atom. The van der Waals surface area contributed by atoms with E-state index in [2.05, 4.69) is 0 Å². The van der Waals surface area contributed by atoms with Crippen LogP contribution in [0.15, 0.2) is 11.1 Å². The summed E-state index contributed by atoms with van der Waals surface area (Å²) in [5, 5.41) is 0. The summed E-state index contributed by atoms with van der Waals surface area (Å²) in [4.78, 5) is 23.1. The second kappa shape index (κ2) is 3.68. The Kier molecular flexibility index (Phi) is 2.93. The van der Waals surface area contributed by atoms with E-state index in [0.717, 1.165) is 17.6 Å². The van der Waals surface area contributed by atoms with Crippen molar-refractivity contribution in [1.82, 2.24) is 0 Å². The number of ketones is 2. The number of carbonyl (C=O) groups excluding carboxylic acids is 2. The largest absolute Gasteiger partial charge is 0.299 e. The van der Waals surface area contributed by atoms with Crippen LogP contribution in [-0.2, 0) is 9.59 Å². The van der Waals surface area contributed by atoms with Gasteiger partial charge < -0.3 is 0 Å². The average molecular weight is 194 g/mol. The van der Waals surface area contributed by atoms with E-state index in [1.165, 1.54) is 0 Å². The first-order valence-electron chi connectivity index (χ1n) is 5.18. The highest BCUT2D eigenvalue weighted by Crippen LogP contribution is 2.41. The summed E-state index contributed by atoms with van der Waals surface area (Å²) in [5.41, 5.74) is 1.48. The molecular weight excluding hydrogens is 176 g/mol.